The molecule has 0 aliphatic heterocycles. The van der Waals surface area contributed by atoms with Gasteiger partial charge in [0.1, 0.15) is 0 Å². The van der Waals surface area contributed by atoms with Crippen LogP contribution in [0.3, 0.4) is 0 Å². The number of benzene rings is 1. The van der Waals surface area contributed by atoms with Gasteiger partial charge in [0.2, 0.25) is 0 Å². The van der Waals surface area contributed by atoms with E-state index in [1.807, 2.05) is 0 Å². The lowest BCUT2D eigenvalue weighted by Crippen LogP contribution is -2.38. The van der Waals surface area contributed by atoms with Crippen LogP contribution >= 0.6 is 0 Å². The summed E-state index contributed by atoms with van der Waals surface area (Å²) in [5, 5.41) is 21.6. The highest BCUT2D eigenvalue weighted by Gasteiger charge is 2.19. The first kappa shape index (κ1) is 26.7. The quantitative estimate of drug-likeness (QED) is 0.210. The molecule has 1 rings (SSSR count). The molecule has 0 aliphatic rings. The molecule has 0 atom stereocenters. The lowest BCUT2D eigenvalue weighted by atomic mass is 9.77. The van der Waals surface area contributed by atoms with E-state index in [4.69, 9.17) is 0 Å². The summed E-state index contributed by atoms with van der Waals surface area (Å²) >= 11 is 0. The summed E-state index contributed by atoms with van der Waals surface area (Å²) in [6, 6.07) is 6.61. The van der Waals surface area contributed by atoms with E-state index in [1.165, 1.54) is 89.9 Å². The largest absolute Gasteiger partial charge is 0.489 e. The van der Waals surface area contributed by atoms with E-state index in [0.29, 0.717) is 12.1 Å². The lowest BCUT2D eigenvalue weighted by molar-refractivity contribution is 0.0953. The first-order valence-electron chi connectivity index (χ1n) is 12.4. The van der Waals surface area contributed by atoms with Crippen molar-refractivity contribution in [1.29, 1.82) is 0 Å². The molecular formula is C25H44BNO3. The van der Waals surface area contributed by atoms with Gasteiger partial charge in [0.05, 0.1) is 0 Å². The fourth-order valence-electron chi connectivity index (χ4n) is 3.90. The summed E-state index contributed by atoms with van der Waals surface area (Å²) in [5.41, 5.74) is 0.589. The molecule has 0 unspecified atom stereocenters. The Morgan fingerprint density at radius 1 is 0.733 bits per heavy atom. The maximum atomic E-state index is 12.2. The zero-order valence-corrected chi connectivity index (χ0v) is 19.2. The van der Waals surface area contributed by atoms with Crippen LogP contribution in [-0.4, -0.2) is 29.6 Å². The van der Waals surface area contributed by atoms with Gasteiger partial charge in [-0.2, -0.15) is 0 Å². The minimum Gasteiger partial charge on any atom is -0.423 e. The third-order valence-electron chi connectivity index (χ3n) is 5.80. The van der Waals surface area contributed by atoms with Crippen LogP contribution in [0.2, 0.25) is 0 Å². The third-order valence-corrected chi connectivity index (χ3v) is 5.80. The van der Waals surface area contributed by atoms with Crippen LogP contribution in [0.5, 0.6) is 0 Å². The second-order valence-electron chi connectivity index (χ2n) is 8.52. The van der Waals surface area contributed by atoms with E-state index < -0.39 is 7.12 Å². The number of amides is 1. The van der Waals surface area contributed by atoms with Crippen LogP contribution in [0.25, 0.3) is 0 Å². The molecule has 170 valence electrons. The number of hydrogen-bond acceptors (Lipinski definition) is 3. The average molecular weight is 417 g/mol. The lowest BCUT2D eigenvalue weighted by Gasteiger charge is -2.09. The van der Waals surface area contributed by atoms with Crippen molar-refractivity contribution >= 4 is 18.5 Å². The molecule has 0 aliphatic carbocycles. The monoisotopic (exact) mass is 417 g/mol. The first-order chi connectivity index (χ1) is 14.7. The van der Waals surface area contributed by atoms with E-state index in [9.17, 15) is 14.8 Å². The number of nitrogens with one attached hydrogen (secondary N) is 1. The van der Waals surface area contributed by atoms with Crippen molar-refractivity contribution in [2.45, 2.75) is 110 Å². The SMILES string of the molecule is CCCCCCCCCCCCCCCCCCNC(=O)c1ccccc1B(O)O. The number of hydrogen-bond donors (Lipinski definition) is 3. The Morgan fingerprint density at radius 3 is 1.63 bits per heavy atom. The van der Waals surface area contributed by atoms with Crippen LogP contribution in [0.15, 0.2) is 24.3 Å². The van der Waals surface area contributed by atoms with Crippen molar-refractivity contribution in [3.05, 3.63) is 29.8 Å². The highest BCUT2D eigenvalue weighted by atomic mass is 16.4. The molecule has 3 N–H and O–H groups in total. The van der Waals surface area contributed by atoms with Gasteiger partial charge in [-0.05, 0) is 17.9 Å². The van der Waals surface area contributed by atoms with Gasteiger partial charge in [-0.3, -0.25) is 4.79 Å². The maximum absolute atomic E-state index is 12.2. The van der Waals surface area contributed by atoms with Crippen molar-refractivity contribution in [3.63, 3.8) is 0 Å². The molecule has 0 saturated heterocycles. The summed E-state index contributed by atoms with van der Waals surface area (Å²) < 4.78 is 0. The Balaban J connectivity index is 1.89. The predicted octanol–water partition coefficient (Wildman–Crippen LogP) is 5.36. The standard InChI is InChI=1S/C25H44BNO3/c1-2-3-4-5-6-7-8-9-10-11-12-13-14-15-16-19-22-27-25(28)23-20-17-18-21-24(23)26(29)30/h17-18,20-21,29-30H,2-16,19,22H2,1H3,(H,27,28). The van der Waals surface area contributed by atoms with Crippen molar-refractivity contribution < 1.29 is 14.8 Å². The van der Waals surface area contributed by atoms with Crippen LogP contribution in [0.4, 0.5) is 0 Å². The minimum absolute atomic E-state index is 0.236. The minimum atomic E-state index is -1.62. The fraction of sp³-hybridized carbons (Fsp3) is 0.720. The third kappa shape index (κ3) is 13.1. The summed E-state index contributed by atoms with van der Waals surface area (Å²) in [6.45, 7) is 2.90. The van der Waals surface area contributed by atoms with Crippen molar-refractivity contribution in [2.75, 3.05) is 6.54 Å². The van der Waals surface area contributed by atoms with Crippen molar-refractivity contribution in [3.8, 4) is 0 Å². The Bertz CT molecular complexity index is 551. The molecular weight excluding hydrogens is 373 g/mol. The second kappa shape index (κ2) is 18.4. The summed E-state index contributed by atoms with van der Waals surface area (Å²) in [6.07, 6.45) is 21.3. The average Bonchev–Trinajstić information content (AvgIpc) is 2.75. The van der Waals surface area contributed by atoms with E-state index in [-0.39, 0.29) is 11.4 Å². The first-order valence-corrected chi connectivity index (χ1v) is 12.4. The summed E-state index contributed by atoms with van der Waals surface area (Å²) in [7, 11) is -1.62. The summed E-state index contributed by atoms with van der Waals surface area (Å²) in [5.74, 6) is -0.236. The molecule has 4 nitrogen and oxygen atoms in total. The topological polar surface area (TPSA) is 69.6 Å². The smallest absolute Gasteiger partial charge is 0.423 e. The van der Waals surface area contributed by atoms with E-state index >= 15 is 0 Å². The molecule has 1 aromatic rings. The van der Waals surface area contributed by atoms with Gasteiger partial charge in [0.15, 0.2) is 0 Å². The van der Waals surface area contributed by atoms with Crippen molar-refractivity contribution in [1.82, 2.24) is 5.32 Å². The molecule has 5 heteroatoms. The zero-order valence-electron chi connectivity index (χ0n) is 19.2. The molecule has 30 heavy (non-hydrogen) atoms. The van der Waals surface area contributed by atoms with Gasteiger partial charge in [0.25, 0.3) is 5.91 Å². The van der Waals surface area contributed by atoms with Crippen LogP contribution in [0.1, 0.15) is 120 Å². The van der Waals surface area contributed by atoms with Crippen LogP contribution < -0.4 is 10.8 Å². The van der Waals surface area contributed by atoms with Crippen molar-refractivity contribution in [2.24, 2.45) is 0 Å². The zero-order chi connectivity index (χ0) is 21.9. The normalized spacial score (nSPS) is 10.9. The molecule has 0 heterocycles. The number of carbonyl (C=O) groups excluding carboxylic acids is 1. The Labute approximate surface area is 185 Å². The van der Waals surface area contributed by atoms with Gasteiger partial charge >= 0.3 is 7.12 Å². The molecule has 0 bridgehead atoms. The molecule has 1 amide bonds. The fourth-order valence-corrected chi connectivity index (χ4v) is 3.90. The van der Waals surface area contributed by atoms with Crippen LogP contribution in [-0.2, 0) is 0 Å². The Kier molecular flexibility index (Phi) is 16.4. The molecule has 0 aromatic heterocycles. The Morgan fingerprint density at radius 2 is 1.17 bits per heavy atom. The number of rotatable bonds is 19. The number of unbranched alkanes of at least 4 members (excludes halogenated alkanes) is 15. The molecule has 0 radical (unpaired) electrons. The number of carbonyl (C=O) groups is 1. The molecule has 0 spiro atoms. The van der Waals surface area contributed by atoms with Gasteiger partial charge in [-0.15, -0.1) is 0 Å². The summed E-state index contributed by atoms with van der Waals surface area (Å²) in [4.78, 5) is 12.2. The maximum Gasteiger partial charge on any atom is 0.489 e. The highest BCUT2D eigenvalue weighted by Crippen LogP contribution is 2.13. The van der Waals surface area contributed by atoms with Gasteiger partial charge in [-0.1, -0.05) is 121 Å². The molecule has 1 aromatic carbocycles. The van der Waals surface area contributed by atoms with Gasteiger partial charge in [0, 0.05) is 12.1 Å². The van der Waals surface area contributed by atoms with E-state index in [0.717, 1.165) is 12.8 Å². The Hall–Kier alpha value is -1.33. The van der Waals surface area contributed by atoms with Gasteiger partial charge < -0.3 is 15.4 Å². The van der Waals surface area contributed by atoms with E-state index in [1.54, 1.807) is 24.3 Å². The molecule has 0 fully saturated rings. The van der Waals surface area contributed by atoms with Gasteiger partial charge in [-0.25, -0.2) is 0 Å². The highest BCUT2D eigenvalue weighted by molar-refractivity contribution is 6.60. The predicted molar refractivity (Wildman–Crippen MR) is 128 cm³/mol. The van der Waals surface area contributed by atoms with Crippen LogP contribution in [0, 0.1) is 0 Å². The van der Waals surface area contributed by atoms with E-state index in [2.05, 4.69) is 12.2 Å². The molecule has 0 saturated carbocycles. The second-order valence-corrected chi connectivity index (χ2v) is 8.52.